The molecule has 0 heterocycles. The lowest BCUT2D eigenvalue weighted by molar-refractivity contribution is -0.197. The monoisotopic (exact) mass is 275 g/mol. The number of unbranched alkanes of at least 4 members (excludes halogenated alkanes) is 3. The summed E-state index contributed by atoms with van der Waals surface area (Å²) in [5, 5.41) is 0. The molecule has 0 aromatic heterocycles. The Morgan fingerprint density at radius 1 is 1.11 bits per heavy atom. The molecule has 5 heteroatoms. The fourth-order valence-electron chi connectivity index (χ4n) is 1.76. The lowest BCUT2D eigenvalue weighted by Gasteiger charge is -2.21. The molecule has 1 aromatic carbocycles. The first-order valence-electron chi connectivity index (χ1n) is 6.52. The van der Waals surface area contributed by atoms with Crippen LogP contribution in [0.2, 0.25) is 0 Å². The Morgan fingerprint density at radius 3 is 2.26 bits per heavy atom. The second-order valence-corrected chi connectivity index (χ2v) is 4.57. The molecule has 2 N–H and O–H groups in total. The van der Waals surface area contributed by atoms with E-state index >= 15 is 0 Å². The minimum atomic E-state index is -4.34. The SMILES string of the molecule is CCCCCCC(Oc1ccc(N)cc1)C(F)(F)F. The molecule has 1 unspecified atom stereocenters. The maximum Gasteiger partial charge on any atom is 0.425 e. The second-order valence-electron chi connectivity index (χ2n) is 4.57. The maximum atomic E-state index is 12.8. The van der Waals surface area contributed by atoms with E-state index in [0.717, 1.165) is 19.3 Å². The average Bonchev–Trinajstić information content (AvgIpc) is 2.34. The van der Waals surface area contributed by atoms with Crippen molar-refractivity contribution in [3.63, 3.8) is 0 Å². The summed E-state index contributed by atoms with van der Waals surface area (Å²) in [5.74, 6) is 0.201. The summed E-state index contributed by atoms with van der Waals surface area (Å²) in [6.07, 6.45) is -2.82. The normalized spacial score (nSPS) is 13.3. The fourth-order valence-corrected chi connectivity index (χ4v) is 1.76. The number of nitrogens with two attached hydrogens (primary N) is 1. The number of alkyl halides is 3. The van der Waals surface area contributed by atoms with Gasteiger partial charge in [-0.05, 0) is 37.1 Å². The van der Waals surface area contributed by atoms with Gasteiger partial charge in [-0.15, -0.1) is 0 Å². The van der Waals surface area contributed by atoms with Gasteiger partial charge in [0, 0.05) is 5.69 Å². The van der Waals surface area contributed by atoms with Gasteiger partial charge in [0.1, 0.15) is 5.75 Å². The molecule has 0 aliphatic carbocycles. The zero-order valence-corrected chi connectivity index (χ0v) is 11.0. The Balaban J connectivity index is 2.57. The Kier molecular flexibility index (Phi) is 5.99. The highest BCUT2D eigenvalue weighted by Crippen LogP contribution is 2.29. The van der Waals surface area contributed by atoms with E-state index in [1.807, 2.05) is 6.92 Å². The minimum Gasteiger partial charge on any atom is -0.481 e. The Labute approximate surface area is 111 Å². The third-order valence-electron chi connectivity index (χ3n) is 2.84. The van der Waals surface area contributed by atoms with Crippen molar-refractivity contribution in [3.05, 3.63) is 24.3 Å². The highest BCUT2D eigenvalue weighted by Gasteiger charge is 2.41. The molecule has 0 fully saturated rings. The van der Waals surface area contributed by atoms with E-state index in [1.165, 1.54) is 24.3 Å². The van der Waals surface area contributed by atoms with Gasteiger partial charge in [0.05, 0.1) is 0 Å². The predicted molar refractivity (Wildman–Crippen MR) is 70.1 cm³/mol. The van der Waals surface area contributed by atoms with E-state index < -0.39 is 12.3 Å². The number of hydrogen-bond acceptors (Lipinski definition) is 2. The number of halogens is 3. The zero-order valence-electron chi connectivity index (χ0n) is 11.0. The second kappa shape index (κ2) is 7.26. The summed E-state index contributed by atoms with van der Waals surface area (Å²) in [7, 11) is 0. The van der Waals surface area contributed by atoms with Gasteiger partial charge in [0.15, 0.2) is 6.10 Å². The van der Waals surface area contributed by atoms with Crippen LogP contribution in [0.3, 0.4) is 0 Å². The molecule has 1 atom stereocenters. The zero-order chi connectivity index (χ0) is 14.3. The van der Waals surface area contributed by atoms with E-state index in [1.54, 1.807) is 0 Å². The van der Waals surface area contributed by atoms with Gasteiger partial charge in [-0.2, -0.15) is 13.2 Å². The standard InChI is InChI=1S/C14H20F3NO/c1-2-3-4-5-6-13(14(15,16)17)19-12-9-7-11(18)8-10-12/h7-10,13H,2-6,18H2,1H3. The molecule has 19 heavy (non-hydrogen) atoms. The molecular weight excluding hydrogens is 255 g/mol. The van der Waals surface area contributed by atoms with Crippen LogP contribution in [0, 0.1) is 0 Å². The molecule has 0 spiro atoms. The van der Waals surface area contributed by atoms with E-state index in [4.69, 9.17) is 10.5 Å². The first-order chi connectivity index (χ1) is 8.93. The molecule has 0 saturated carbocycles. The van der Waals surface area contributed by atoms with E-state index in [-0.39, 0.29) is 12.2 Å². The summed E-state index contributed by atoms with van der Waals surface area (Å²) in [5.41, 5.74) is 5.98. The maximum absolute atomic E-state index is 12.8. The Morgan fingerprint density at radius 2 is 1.74 bits per heavy atom. The van der Waals surface area contributed by atoms with Gasteiger partial charge in [0.2, 0.25) is 0 Å². The van der Waals surface area contributed by atoms with Crippen LogP contribution < -0.4 is 10.5 Å². The van der Waals surface area contributed by atoms with Crippen molar-refractivity contribution in [1.29, 1.82) is 0 Å². The smallest absolute Gasteiger partial charge is 0.425 e. The first-order valence-corrected chi connectivity index (χ1v) is 6.52. The van der Waals surface area contributed by atoms with Gasteiger partial charge in [0.25, 0.3) is 0 Å². The van der Waals surface area contributed by atoms with Crippen molar-refractivity contribution >= 4 is 5.69 Å². The van der Waals surface area contributed by atoms with E-state index in [0.29, 0.717) is 12.1 Å². The van der Waals surface area contributed by atoms with Crippen molar-refractivity contribution in [3.8, 4) is 5.75 Å². The average molecular weight is 275 g/mol. The molecule has 0 radical (unpaired) electrons. The molecule has 0 amide bonds. The summed E-state index contributed by atoms with van der Waals surface area (Å²) in [6, 6.07) is 5.97. The lowest BCUT2D eigenvalue weighted by Crippen LogP contribution is -2.34. The van der Waals surface area contributed by atoms with Crippen molar-refractivity contribution in [2.24, 2.45) is 0 Å². The quantitative estimate of drug-likeness (QED) is 0.585. The van der Waals surface area contributed by atoms with Gasteiger partial charge in [-0.1, -0.05) is 26.2 Å². The summed E-state index contributed by atoms with van der Waals surface area (Å²) in [6.45, 7) is 2.02. The molecule has 2 nitrogen and oxygen atoms in total. The van der Waals surface area contributed by atoms with Crippen LogP contribution in [0.4, 0.5) is 18.9 Å². The van der Waals surface area contributed by atoms with Crippen molar-refractivity contribution in [2.45, 2.75) is 51.3 Å². The van der Waals surface area contributed by atoms with Crippen LogP contribution in [0.1, 0.15) is 39.0 Å². The van der Waals surface area contributed by atoms with Crippen molar-refractivity contribution in [1.82, 2.24) is 0 Å². The van der Waals surface area contributed by atoms with Crippen LogP contribution in [-0.4, -0.2) is 12.3 Å². The first kappa shape index (κ1) is 15.7. The van der Waals surface area contributed by atoms with Crippen LogP contribution in [0.5, 0.6) is 5.75 Å². The number of anilines is 1. The van der Waals surface area contributed by atoms with Crippen LogP contribution in [-0.2, 0) is 0 Å². The Hall–Kier alpha value is -1.39. The van der Waals surface area contributed by atoms with Gasteiger partial charge < -0.3 is 10.5 Å². The molecule has 0 aliphatic rings. The molecule has 108 valence electrons. The summed E-state index contributed by atoms with van der Waals surface area (Å²) in [4.78, 5) is 0. The molecular formula is C14H20F3NO. The van der Waals surface area contributed by atoms with Crippen LogP contribution in [0.15, 0.2) is 24.3 Å². The third-order valence-corrected chi connectivity index (χ3v) is 2.84. The fraction of sp³-hybridized carbons (Fsp3) is 0.571. The third kappa shape index (κ3) is 5.85. The molecule has 1 aromatic rings. The van der Waals surface area contributed by atoms with Crippen molar-refractivity contribution < 1.29 is 17.9 Å². The molecule has 0 saturated heterocycles. The van der Waals surface area contributed by atoms with Crippen LogP contribution >= 0.6 is 0 Å². The number of ether oxygens (including phenoxy) is 1. The summed E-state index contributed by atoms with van der Waals surface area (Å²) < 4.78 is 43.6. The van der Waals surface area contributed by atoms with Gasteiger partial charge in [-0.3, -0.25) is 0 Å². The number of hydrogen-bond donors (Lipinski definition) is 1. The van der Waals surface area contributed by atoms with E-state index in [2.05, 4.69) is 0 Å². The van der Waals surface area contributed by atoms with Crippen molar-refractivity contribution in [2.75, 3.05) is 5.73 Å². The number of rotatable bonds is 7. The van der Waals surface area contributed by atoms with E-state index in [9.17, 15) is 13.2 Å². The lowest BCUT2D eigenvalue weighted by atomic mass is 10.1. The molecule has 0 aliphatic heterocycles. The number of benzene rings is 1. The summed E-state index contributed by atoms with van der Waals surface area (Å²) >= 11 is 0. The topological polar surface area (TPSA) is 35.2 Å². The number of nitrogen functional groups attached to an aromatic ring is 1. The van der Waals surface area contributed by atoms with Crippen LogP contribution in [0.25, 0.3) is 0 Å². The Bertz CT molecular complexity index is 362. The largest absolute Gasteiger partial charge is 0.481 e. The predicted octanol–water partition coefficient (Wildman–Crippen LogP) is 4.55. The molecule has 0 bridgehead atoms. The minimum absolute atomic E-state index is 0.00607. The van der Waals surface area contributed by atoms with Gasteiger partial charge in [-0.25, -0.2) is 0 Å². The highest BCUT2D eigenvalue weighted by molar-refractivity contribution is 5.41. The van der Waals surface area contributed by atoms with Gasteiger partial charge >= 0.3 is 6.18 Å². The molecule has 1 rings (SSSR count). The highest BCUT2D eigenvalue weighted by atomic mass is 19.4.